The minimum Gasteiger partial charge on any atom is -0.478 e. The molecule has 1 aromatic carbocycles. The summed E-state index contributed by atoms with van der Waals surface area (Å²) < 4.78 is 27.0. The molecule has 0 aliphatic rings. The maximum Gasteiger partial charge on any atom is 0.335 e. The lowest BCUT2D eigenvalue weighted by Gasteiger charge is -2.11. The number of aromatic carboxylic acids is 1. The van der Waals surface area contributed by atoms with Crippen LogP contribution in [0.3, 0.4) is 0 Å². The van der Waals surface area contributed by atoms with E-state index in [4.69, 9.17) is 5.11 Å². The van der Waals surface area contributed by atoms with E-state index >= 15 is 0 Å². The molecule has 0 radical (unpaired) electrons. The van der Waals surface area contributed by atoms with E-state index in [1.54, 1.807) is 26.8 Å². The van der Waals surface area contributed by atoms with Gasteiger partial charge in [0, 0.05) is 11.8 Å². The predicted molar refractivity (Wildman–Crippen MR) is 77.0 cm³/mol. The molecule has 8 heteroatoms. The number of benzene rings is 1. The molecule has 2 aromatic rings. The average Bonchev–Trinajstić information content (AvgIpc) is 2.72. The molecule has 0 spiro atoms. The standard InChI is InChI=1S/C13H15N3O4S/c1-7-4-8(2)11(6-10(7)13(17)18)21(19,20)16-12-5-9(3)14-15-12/h4-6H,1-3H3,(H,17,18)(H2,14,15,16). The summed E-state index contributed by atoms with van der Waals surface area (Å²) in [6, 6.07) is 4.24. The first-order valence-electron chi connectivity index (χ1n) is 6.10. The van der Waals surface area contributed by atoms with Crippen LogP contribution in [0.1, 0.15) is 27.2 Å². The highest BCUT2D eigenvalue weighted by Crippen LogP contribution is 2.22. The molecular weight excluding hydrogens is 294 g/mol. The maximum atomic E-state index is 12.4. The Bertz CT molecular complexity index is 809. The summed E-state index contributed by atoms with van der Waals surface area (Å²) in [6.45, 7) is 4.98. The van der Waals surface area contributed by atoms with Crippen LogP contribution in [-0.2, 0) is 10.0 Å². The first kappa shape index (κ1) is 15.0. The first-order chi connectivity index (χ1) is 9.70. The number of aromatic nitrogens is 2. The molecule has 2 rings (SSSR count). The highest BCUT2D eigenvalue weighted by molar-refractivity contribution is 7.92. The summed E-state index contributed by atoms with van der Waals surface area (Å²) in [5.74, 6) is -1.01. The van der Waals surface area contributed by atoms with E-state index in [9.17, 15) is 13.2 Å². The van der Waals surface area contributed by atoms with Gasteiger partial charge >= 0.3 is 5.97 Å². The lowest BCUT2D eigenvalue weighted by atomic mass is 10.1. The van der Waals surface area contributed by atoms with Crippen LogP contribution in [0.25, 0.3) is 0 Å². The van der Waals surface area contributed by atoms with Crippen LogP contribution in [-0.4, -0.2) is 29.7 Å². The summed E-state index contributed by atoms with van der Waals surface area (Å²) in [6.07, 6.45) is 0. The molecule has 0 aliphatic carbocycles. The van der Waals surface area contributed by atoms with Crippen molar-refractivity contribution in [3.63, 3.8) is 0 Å². The van der Waals surface area contributed by atoms with Gasteiger partial charge in [0.25, 0.3) is 10.0 Å². The van der Waals surface area contributed by atoms with Crippen LogP contribution in [0.5, 0.6) is 0 Å². The quantitative estimate of drug-likeness (QED) is 0.797. The molecule has 3 N–H and O–H groups in total. The van der Waals surface area contributed by atoms with E-state index in [1.165, 1.54) is 6.07 Å². The van der Waals surface area contributed by atoms with Gasteiger partial charge in [0.1, 0.15) is 0 Å². The van der Waals surface area contributed by atoms with E-state index in [1.807, 2.05) is 0 Å². The number of sulfonamides is 1. The second-order valence-corrected chi connectivity index (χ2v) is 6.43. The van der Waals surface area contributed by atoms with Gasteiger partial charge in [0.2, 0.25) is 0 Å². The monoisotopic (exact) mass is 309 g/mol. The first-order valence-corrected chi connectivity index (χ1v) is 7.58. The third-order valence-electron chi connectivity index (χ3n) is 2.99. The Balaban J connectivity index is 2.49. The zero-order valence-corrected chi connectivity index (χ0v) is 12.6. The minimum atomic E-state index is -3.90. The van der Waals surface area contributed by atoms with Crippen molar-refractivity contribution in [3.8, 4) is 0 Å². The number of nitrogens with one attached hydrogen (secondary N) is 2. The van der Waals surface area contributed by atoms with E-state index in [0.717, 1.165) is 6.07 Å². The van der Waals surface area contributed by atoms with Gasteiger partial charge in [-0.1, -0.05) is 6.07 Å². The Morgan fingerprint density at radius 1 is 1.19 bits per heavy atom. The van der Waals surface area contributed by atoms with Crippen LogP contribution in [0.2, 0.25) is 0 Å². The second kappa shape index (κ2) is 5.21. The van der Waals surface area contributed by atoms with Crippen molar-refractivity contribution in [2.24, 2.45) is 0 Å². The molecule has 0 unspecified atom stereocenters. The van der Waals surface area contributed by atoms with Crippen molar-refractivity contribution in [1.82, 2.24) is 10.2 Å². The Morgan fingerprint density at radius 3 is 2.38 bits per heavy atom. The number of aromatic amines is 1. The SMILES string of the molecule is Cc1cc(NS(=O)(=O)c2cc(C(=O)O)c(C)cc2C)n[nH]1. The molecule has 0 atom stereocenters. The minimum absolute atomic E-state index is 0.0424. The second-order valence-electron chi connectivity index (χ2n) is 4.78. The molecule has 0 bridgehead atoms. The number of hydrogen-bond acceptors (Lipinski definition) is 4. The van der Waals surface area contributed by atoms with Crippen LogP contribution >= 0.6 is 0 Å². The average molecular weight is 309 g/mol. The zero-order valence-electron chi connectivity index (χ0n) is 11.8. The Morgan fingerprint density at radius 2 is 1.86 bits per heavy atom. The van der Waals surface area contributed by atoms with Crippen molar-refractivity contribution in [2.75, 3.05) is 4.72 Å². The lowest BCUT2D eigenvalue weighted by molar-refractivity contribution is 0.0696. The zero-order chi connectivity index (χ0) is 15.8. The highest BCUT2D eigenvalue weighted by Gasteiger charge is 2.21. The van der Waals surface area contributed by atoms with Gasteiger partial charge < -0.3 is 5.11 Å². The lowest BCUT2D eigenvalue weighted by Crippen LogP contribution is -2.16. The van der Waals surface area contributed by atoms with Crippen LogP contribution in [0.4, 0.5) is 5.82 Å². The molecule has 1 aromatic heterocycles. The predicted octanol–water partition coefficient (Wildman–Crippen LogP) is 1.83. The van der Waals surface area contributed by atoms with Gasteiger partial charge in [-0.15, -0.1) is 0 Å². The fourth-order valence-electron chi connectivity index (χ4n) is 2.02. The summed E-state index contributed by atoms with van der Waals surface area (Å²) in [5.41, 5.74) is 1.64. The van der Waals surface area contributed by atoms with E-state index in [-0.39, 0.29) is 16.3 Å². The van der Waals surface area contributed by atoms with Gasteiger partial charge in [-0.25, -0.2) is 13.2 Å². The van der Waals surface area contributed by atoms with Crippen molar-refractivity contribution >= 4 is 21.8 Å². The number of rotatable bonds is 4. The Hall–Kier alpha value is -2.35. The molecule has 0 amide bonds. The van der Waals surface area contributed by atoms with Gasteiger partial charge in [0.15, 0.2) is 5.82 Å². The summed E-state index contributed by atoms with van der Waals surface area (Å²) in [4.78, 5) is 11.1. The summed E-state index contributed by atoms with van der Waals surface area (Å²) in [7, 11) is -3.90. The third-order valence-corrected chi connectivity index (χ3v) is 4.48. The maximum absolute atomic E-state index is 12.4. The van der Waals surface area contributed by atoms with Crippen molar-refractivity contribution in [2.45, 2.75) is 25.7 Å². The topological polar surface area (TPSA) is 112 Å². The summed E-state index contributed by atoms with van der Waals surface area (Å²) >= 11 is 0. The van der Waals surface area contributed by atoms with E-state index in [0.29, 0.717) is 16.8 Å². The number of hydrogen-bond donors (Lipinski definition) is 3. The molecule has 0 fully saturated rings. The largest absolute Gasteiger partial charge is 0.478 e. The number of carbonyl (C=O) groups is 1. The number of H-pyrrole nitrogens is 1. The molecule has 0 saturated carbocycles. The summed E-state index contributed by atoms with van der Waals surface area (Å²) in [5, 5.41) is 15.5. The van der Waals surface area contributed by atoms with Crippen LogP contribution in [0, 0.1) is 20.8 Å². The fourth-order valence-corrected chi connectivity index (χ4v) is 3.26. The van der Waals surface area contributed by atoms with Crippen LogP contribution in [0.15, 0.2) is 23.1 Å². The molecule has 0 aliphatic heterocycles. The fraction of sp³-hybridized carbons (Fsp3) is 0.231. The van der Waals surface area contributed by atoms with E-state index in [2.05, 4.69) is 14.9 Å². The van der Waals surface area contributed by atoms with Crippen molar-refractivity contribution in [1.29, 1.82) is 0 Å². The molecule has 21 heavy (non-hydrogen) atoms. The molecule has 1 heterocycles. The van der Waals surface area contributed by atoms with Gasteiger partial charge in [-0.3, -0.25) is 9.82 Å². The Kier molecular flexibility index (Phi) is 3.73. The number of anilines is 1. The van der Waals surface area contributed by atoms with Crippen molar-refractivity contribution in [3.05, 3.63) is 40.6 Å². The van der Waals surface area contributed by atoms with Gasteiger partial charge in [-0.05, 0) is 38.0 Å². The number of carboxylic acid groups (broad SMARTS) is 1. The molecule has 7 nitrogen and oxygen atoms in total. The molecule has 0 saturated heterocycles. The molecule has 112 valence electrons. The van der Waals surface area contributed by atoms with E-state index < -0.39 is 16.0 Å². The number of carboxylic acids is 1. The van der Waals surface area contributed by atoms with Gasteiger partial charge in [0.05, 0.1) is 10.5 Å². The molecular formula is C13H15N3O4S. The normalized spacial score (nSPS) is 11.4. The highest BCUT2D eigenvalue weighted by atomic mass is 32.2. The Labute approximate surface area is 122 Å². The number of nitrogens with zero attached hydrogens (tertiary/aromatic N) is 1. The third kappa shape index (κ3) is 3.05. The van der Waals surface area contributed by atoms with Crippen LogP contribution < -0.4 is 4.72 Å². The van der Waals surface area contributed by atoms with Crippen molar-refractivity contribution < 1.29 is 18.3 Å². The smallest absolute Gasteiger partial charge is 0.335 e. The number of aryl methyl sites for hydroxylation is 3. The van der Waals surface area contributed by atoms with Gasteiger partial charge in [-0.2, -0.15) is 5.10 Å².